The lowest BCUT2D eigenvalue weighted by atomic mass is 10.2. The van der Waals surface area contributed by atoms with Crippen LogP contribution in [-0.2, 0) is 4.79 Å². The highest BCUT2D eigenvalue weighted by atomic mass is 35.5. The van der Waals surface area contributed by atoms with Crippen LogP contribution in [0.5, 0.6) is 0 Å². The van der Waals surface area contributed by atoms with E-state index in [-0.39, 0.29) is 17.3 Å². The molecule has 0 bridgehead atoms. The number of amides is 1. The first kappa shape index (κ1) is 20.3. The molecule has 0 aliphatic carbocycles. The number of hydrogen-bond acceptors (Lipinski definition) is 6. The predicted octanol–water partition coefficient (Wildman–Crippen LogP) is 3.52. The van der Waals surface area contributed by atoms with Crippen molar-refractivity contribution in [2.75, 3.05) is 31.1 Å². The number of halogens is 1. The Morgan fingerprint density at radius 3 is 2.34 bits per heavy atom. The van der Waals surface area contributed by atoms with Gasteiger partial charge in [-0.25, -0.2) is 0 Å². The van der Waals surface area contributed by atoms with E-state index >= 15 is 0 Å². The van der Waals surface area contributed by atoms with Gasteiger partial charge in [0.2, 0.25) is 5.91 Å². The van der Waals surface area contributed by atoms with E-state index in [1.165, 1.54) is 36.4 Å². The van der Waals surface area contributed by atoms with Crippen molar-refractivity contribution in [2.24, 2.45) is 0 Å². The Balaban J connectivity index is 1.65. The minimum Gasteiger partial charge on any atom is -0.361 e. The summed E-state index contributed by atoms with van der Waals surface area (Å²) < 4.78 is 0. The molecule has 29 heavy (non-hydrogen) atoms. The molecule has 10 heteroatoms. The van der Waals surface area contributed by atoms with Crippen LogP contribution in [0, 0.1) is 20.2 Å². The van der Waals surface area contributed by atoms with E-state index in [0.717, 1.165) is 0 Å². The molecule has 1 fully saturated rings. The number of rotatable bonds is 5. The summed E-state index contributed by atoms with van der Waals surface area (Å²) in [4.78, 5) is 37.0. The molecule has 0 aromatic heterocycles. The molecule has 2 aromatic rings. The second-order valence-electron chi connectivity index (χ2n) is 6.36. The fourth-order valence-electron chi connectivity index (χ4n) is 3.13. The van der Waals surface area contributed by atoms with Crippen molar-refractivity contribution < 1.29 is 14.6 Å². The first-order valence-electron chi connectivity index (χ1n) is 8.76. The monoisotopic (exact) mass is 416 g/mol. The van der Waals surface area contributed by atoms with Crippen LogP contribution < -0.4 is 4.90 Å². The average molecular weight is 417 g/mol. The number of carbonyl (C=O) groups excluding carboxylic acids is 1. The van der Waals surface area contributed by atoms with Crippen molar-refractivity contribution >= 4 is 40.6 Å². The summed E-state index contributed by atoms with van der Waals surface area (Å²) in [5.74, 6) is -0.232. The zero-order valence-electron chi connectivity index (χ0n) is 15.2. The molecule has 1 amide bonds. The predicted molar refractivity (Wildman–Crippen MR) is 109 cm³/mol. The maximum absolute atomic E-state index is 12.4. The third-order valence-electron chi connectivity index (χ3n) is 4.57. The zero-order valence-corrected chi connectivity index (χ0v) is 16.0. The number of nitro benzene ring substituents is 2. The maximum atomic E-state index is 12.4. The van der Waals surface area contributed by atoms with Gasteiger partial charge in [-0.15, -0.1) is 0 Å². The van der Waals surface area contributed by atoms with Crippen LogP contribution in [0.1, 0.15) is 5.56 Å². The smallest absolute Gasteiger partial charge is 0.294 e. The minimum absolute atomic E-state index is 0.0467. The van der Waals surface area contributed by atoms with Gasteiger partial charge >= 0.3 is 0 Å². The van der Waals surface area contributed by atoms with Gasteiger partial charge in [-0.1, -0.05) is 29.8 Å². The van der Waals surface area contributed by atoms with E-state index < -0.39 is 9.85 Å². The molecule has 0 saturated carbocycles. The average Bonchev–Trinajstić information content (AvgIpc) is 2.72. The van der Waals surface area contributed by atoms with Gasteiger partial charge in [-0.2, -0.15) is 0 Å². The summed E-state index contributed by atoms with van der Waals surface area (Å²) in [5, 5.41) is 22.4. The number of piperazine rings is 1. The van der Waals surface area contributed by atoms with Crippen LogP contribution in [-0.4, -0.2) is 46.8 Å². The van der Waals surface area contributed by atoms with Gasteiger partial charge in [0.25, 0.3) is 11.4 Å². The van der Waals surface area contributed by atoms with Gasteiger partial charge in [-0.05, 0) is 17.7 Å². The summed E-state index contributed by atoms with van der Waals surface area (Å²) in [6, 6.07) is 10.5. The zero-order chi connectivity index (χ0) is 21.0. The van der Waals surface area contributed by atoms with Crippen molar-refractivity contribution in [3.8, 4) is 0 Å². The number of anilines is 1. The topological polar surface area (TPSA) is 110 Å². The van der Waals surface area contributed by atoms with Gasteiger partial charge in [-0.3, -0.25) is 25.0 Å². The second kappa shape index (κ2) is 8.70. The lowest BCUT2D eigenvalue weighted by molar-refractivity contribution is -0.384. The van der Waals surface area contributed by atoms with Crippen LogP contribution in [0.25, 0.3) is 6.08 Å². The van der Waals surface area contributed by atoms with Gasteiger partial charge in [0.05, 0.1) is 14.9 Å². The van der Waals surface area contributed by atoms with Crippen LogP contribution in [0.15, 0.2) is 48.5 Å². The van der Waals surface area contributed by atoms with E-state index in [0.29, 0.717) is 42.5 Å². The van der Waals surface area contributed by atoms with Crippen molar-refractivity contribution in [3.05, 3.63) is 79.4 Å². The van der Waals surface area contributed by atoms with Crippen LogP contribution in [0.3, 0.4) is 0 Å². The maximum Gasteiger partial charge on any atom is 0.294 e. The molecule has 1 aliphatic rings. The molecular formula is C19H17ClN4O5. The number of para-hydroxylation sites is 1. The van der Waals surface area contributed by atoms with E-state index in [1.54, 1.807) is 28.0 Å². The molecule has 1 heterocycles. The van der Waals surface area contributed by atoms with Crippen LogP contribution >= 0.6 is 11.6 Å². The molecule has 0 spiro atoms. The Morgan fingerprint density at radius 2 is 1.69 bits per heavy atom. The van der Waals surface area contributed by atoms with Crippen LogP contribution in [0.2, 0.25) is 5.02 Å². The van der Waals surface area contributed by atoms with Gasteiger partial charge in [0.1, 0.15) is 5.69 Å². The fraction of sp³-hybridized carbons (Fsp3) is 0.211. The first-order chi connectivity index (χ1) is 13.9. The number of benzene rings is 2. The highest BCUT2D eigenvalue weighted by molar-refractivity contribution is 6.33. The molecule has 2 aromatic carbocycles. The summed E-state index contributed by atoms with van der Waals surface area (Å²) in [6.07, 6.45) is 2.90. The molecule has 1 saturated heterocycles. The Bertz CT molecular complexity index is 986. The molecule has 3 rings (SSSR count). The van der Waals surface area contributed by atoms with Crippen LogP contribution in [0.4, 0.5) is 17.1 Å². The van der Waals surface area contributed by atoms with Crippen molar-refractivity contribution in [2.45, 2.75) is 0 Å². The molecule has 1 aliphatic heterocycles. The summed E-state index contributed by atoms with van der Waals surface area (Å²) in [6.45, 7) is 1.56. The molecular weight excluding hydrogens is 400 g/mol. The van der Waals surface area contributed by atoms with Crippen molar-refractivity contribution in [1.29, 1.82) is 0 Å². The molecule has 0 unspecified atom stereocenters. The number of nitro groups is 2. The Hall–Kier alpha value is -3.46. The summed E-state index contributed by atoms with van der Waals surface area (Å²) >= 11 is 6.17. The van der Waals surface area contributed by atoms with Gasteiger partial charge in [0.15, 0.2) is 0 Å². The number of nitrogens with zero attached hydrogens (tertiary/aromatic N) is 4. The molecule has 9 nitrogen and oxygen atoms in total. The lowest BCUT2D eigenvalue weighted by Crippen LogP contribution is -2.48. The Labute approximate surface area is 171 Å². The van der Waals surface area contributed by atoms with Crippen molar-refractivity contribution in [3.63, 3.8) is 0 Å². The Kier molecular flexibility index (Phi) is 6.08. The van der Waals surface area contributed by atoms with Crippen molar-refractivity contribution in [1.82, 2.24) is 4.90 Å². The van der Waals surface area contributed by atoms with E-state index in [9.17, 15) is 25.0 Å². The lowest BCUT2D eigenvalue weighted by Gasteiger charge is -2.35. The number of non-ortho nitro benzene ring substituents is 1. The minimum atomic E-state index is -0.494. The number of carbonyl (C=O) groups is 1. The van der Waals surface area contributed by atoms with Gasteiger partial charge < -0.3 is 9.80 Å². The van der Waals surface area contributed by atoms with E-state index in [1.807, 2.05) is 0 Å². The largest absolute Gasteiger partial charge is 0.361 e. The first-order valence-corrected chi connectivity index (χ1v) is 9.14. The summed E-state index contributed by atoms with van der Waals surface area (Å²) in [7, 11) is 0. The second-order valence-corrected chi connectivity index (χ2v) is 6.77. The summed E-state index contributed by atoms with van der Waals surface area (Å²) in [5.41, 5.74) is 0.800. The molecule has 0 atom stereocenters. The normalized spacial score (nSPS) is 14.2. The number of hydrogen-bond donors (Lipinski definition) is 0. The SMILES string of the molecule is O=C(/C=C/c1cccc([N+](=O)[O-])c1)N1CCN(c2c(Cl)cccc2[N+](=O)[O-])CC1. The van der Waals surface area contributed by atoms with Gasteiger partial charge in [0, 0.05) is 50.5 Å². The third kappa shape index (κ3) is 4.69. The van der Waals surface area contributed by atoms with E-state index in [4.69, 9.17) is 11.6 Å². The fourth-order valence-corrected chi connectivity index (χ4v) is 3.42. The molecule has 0 N–H and O–H groups in total. The third-order valence-corrected chi connectivity index (χ3v) is 4.87. The highest BCUT2D eigenvalue weighted by Crippen LogP contribution is 2.35. The quantitative estimate of drug-likeness (QED) is 0.419. The molecule has 150 valence electrons. The standard InChI is InChI=1S/C19H17ClN4O5/c20-16-5-2-6-17(24(28)29)19(16)22-11-9-21(10-12-22)18(25)8-7-14-3-1-4-15(13-14)23(26)27/h1-8,13H,9-12H2/b8-7+. The molecule has 0 radical (unpaired) electrons. The highest BCUT2D eigenvalue weighted by Gasteiger charge is 2.27. The van der Waals surface area contributed by atoms with E-state index in [2.05, 4.69) is 0 Å². The Morgan fingerprint density at radius 1 is 1.00 bits per heavy atom.